The molecule has 0 unspecified atom stereocenters. The monoisotopic (exact) mass is 266 g/mol. The number of hydrogen-bond donors (Lipinski definition) is 1. The third-order valence-electron chi connectivity index (χ3n) is 4.04. The van der Waals surface area contributed by atoms with Crippen molar-refractivity contribution >= 4 is 5.69 Å². The zero-order chi connectivity index (χ0) is 14.0. The minimum Gasteiger partial charge on any atom is -0.325 e. The molecule has 1 aromatic carbocycles. The first kappa shape index (κ1) is 13.9. The van der Waals surface area contributed by atoms with Gasteiger partial charge in [0.2, 0.25) is 5.82 Å². The van der Waals surface area contributed by atoms with Crippen LogP contribution in [0.5, 0.6) is 0 Å². The van der Waals surface area contributed by atoms with Crippen LogP contribution in [0.25, 0.3) is 0 Å². The van der Waals surface area contributed by atoms with Crippen LogP contribution in [0, 0.1) is 21.8 Å². The molecule has 0 amide bonds. The van der Waals surface area contributed by atoms with E-state index in [1.807, 2.05) is 0 Å². The summed E-state index contributed by atoms with van der Waals surface area (Å²) in [6.45, 7) is 2.21. The van der Waals surface area contributed by atoms with Gasteiger partial charge >= 0.3 is 5.69 Å². The standard InChI is InChI=1S/C14H19FN2O2/c1-10-4-6-14(16,7-5-10)9-11-2-3-13(17(18)19)12(15)8-11/h2-3,8,10H,4-7,9,16H2,1H3. The largest absolute Gasteiger partial charge is 0.325 e. The van der Waals surface area contributed by atoms with Crippen molar-refractivity contribution in [3.05, 3.63) is 39.7 Å². The number of nitro groups is 1. The molecule has 1 aliphatic rings. The maximum atomic E-state index is 13.6. The van der Waals surface area contributed by atoms with E-state index in [4.69, 9.17) is 5.73 Å². The van der Waals surface area contributed by atoms with Gasteiger partial charge in [0, 0.05) is 11.6 Å². The van der Waals surface area contributed by atoms with Crippen molar-refractivity contribution in [3.8, 4) is 0 Å². The number of nitrogens with two attached hydrogens (primary N) is 1. The highest BCUT2D eigenvalue weighted by atomic mass is 19.1. The Hall–Kier alpha value is -1.49. The van der Waals surface area contributed by atoms with Crippen LogP contribution in [0.2, 0.25) is 0 Å². The quantitative estimate of drug-likeness (QED) is 0.674. The van der Waals surface area contributed by atoms with Crippen LogP contribution in [-0.2, 0) is 6.42 Å². The first-order valence-corrected chi connectivity index (χ1v) is 6.61. The molecule has 4 nitrogen and oxygen atoms in total. The number of rotatable bonds is 3. The molecule has 1 aromatic rings. The molecule has 1 aliphatic carbocycles. The maximum absolute atomic E-state index is 13.6. The number of benzene rings is 1. The van der Waals surface area contributed by atoms with Gasteiger partial charge in [0.25, 0.3) is 0 Å². The summed E-state index contributed by atoms with van der Waals surface area (Å²) >= 11 is 0. The maximum Gasteiger partial charge on any atom is 0.304 e. The summed E-state index contributed by atoms with van der Waals surface area (Å²) < 4.78 is 13.6. The van der Waals surface area contributed by atoms with Gasteiger partial charge in [-0.1, -0.05) is 13.0 Å². The van der Waals surface area contributed by atoms with Crippen LogP contribution < -0.4 is 5.73 Å². The Morgan fingerprint density at radius 2 is 2.11 bits per heavy atom. The van der Waals surface area contributed by atoms with Gasteiger partial charge in [-0.25, -0.2) is 0 Å². The minimum absolute atomic E-state index is 0.297. The SMILES string of the molecule is CC1CCC(N)(Cc2ccc([N+](=O)[O-])c(F)c2)CC1. The highest BCUT2D eigenvalue weighted by Crippen LogP contribution is 2.33. The zero-order valence-electron chi connectivity index (χ0n) is 11.1. The zero-order valence-corrected chi connectivity index (χ0v) is 11.1. The number of hydrogen-bond acceptors (Lipinski definition) is 3. The molecule has 0 atom stereocenters. The summed E-state index contributed by atoms with van der Waals surface area (Å²) in [6.07, 6.45) is 4.60. The summed E-state index contributed by atoms with van der Waals surface area (Å²) in [7, 11) is 0. The van der Waals surface area contributed by atoms with Crippen molar-refractivity contribution in [2.75, 3.05) is 0 Å². The predicted molar refractivity (Wildman–Crippen MR) is 71.3 cm³/mol. The van der Waals surface area contributed by atoms with E-state index >= 15 is 0 Å². The van der Waals surface area contributed by atoms with E-state index in [0.29, 0.717) is 12.3 Å². The van der Waals surface area contributed by atoms with Crippen molar-refractivity contribution in [3.63, 3.8) is 0 Å². The molecular weight excluding hydrogens is 247 g/mol. The van der Waals surface area contributed by atoms with Crippen molar-refractivity contribution in [2.24, 2.45) is 11.7 Å². The number of nitrogens with zero attached hydrogens (tertiary/aromatic N) is 1. The molecule has 2 rings (SSSR count). The second kappa shape index (κ2) is 5.25. The Morgan fingerprint density at radius 3 is 2.63 bits per heavy atom. The fraction of sp³-hybridized carbons (Fsp3) is 0.571. The summed E-state index contributed by atoms with van der Waals surface area (Å²) in [6, 6.07) is 4.07. The molecule has 0 aliphatic heterocycles. The van der Waals surface area contributed by atoms with E-state index in [2.05, 4.69) is 6.92 Å². The van der Waals surface area contributed by atoms with Crippen LogP contribution in [0.4, 0.5) is 10.1 Å². The second-order valence-corrected chi connectivity index (χ2v) is 5.76. The Bertz CT molecular complexity index is 482. The van der Waals surface area contributed by atoms with E-state index in [0.717, 1.165) is 31.2 Å². The van der Waals surface area contributed by atoms with Gasteiger partial charge in [-0.15, -0.1) is 0 Å². The highest BCUT2D eigenvalue weighted by molar-refractivity contribution is 5.35. The Kier molecular flexibility index (Phi) is 3.85. The van der Waals surface area contributed by atoms with Crippen molar-refractivity contribution in [1.82, 2.24) is 0 Å². The molecule has 0 radical (unpaired) electrons. The van der Waals surface area contributed by atoms with Crippen molar-refractivity contribution in [2.45, 2.75) is 44.6 Å². The predicted octanol–water partition coefficient (Wildman–Crippen LogP) is 3.18. The van der Waals surface area contributed by atoms with Crippen LogP contribution in [0.3, 0.4) is 0 Å². The Labute approximate surface area is 112 Å². The average molecular weight is 266 g/mol. The van der Waals surface area contributed by atoms with Gasteiger partial charge in [-0.2, -0.15) is 4.39 Å². The van der Waals surface area contributed by atoms with Crippen LogP contribution in [0.15, 0.2) is 18.2 Å². The van der Waals surface area contributed by atoms with Gasteiger partial charge < -0.3 is 5.73 Å². The summed E-state index contributed by atoms with van der Waals surface area (Å²) in [5, 5.41) is 10.6. The summed E-state index contributed by atoms with van der Waals surface area (Å²) in [5.74, 6) is -0.0828. The summed E-state index contributed by atoms with van der Waals surface area (Å²) in [5.41, 5.74) is 6.31. The Morgan fingerprint density at radius 1 is 1.47 bits per heavy atom. The smallest absolute Gasteiger partial charge is 0.304 e. The van der Waals surface area contributed by atoms with Crippen LogP contribution in [-0.4, -0.2) is 10.5 Å². The van der Waals surface area contributed by atoms with Gasteiger partial charge in [-0.05, 0) is 49.7 Å². The van der Waals surface area contributed by atoms with E-state index < -0.39 is 16.4 Å². The fourth-order valence-electron chi connectivity index (χ4n) is 2.73. The lowest BCUT2D eigenvalue weighted by Crippen LogP contribution is -2.45. The normalized spacial score (nSPS) is 27.2. The molecule has 0 spiro atoms. The lowest BCUT2D eigenvalue weighted by Gasteiger charge is -2.36. The second-order valence-electron chi connectivity index (χ2n) is 5.76. The third kappa shape index (κ3) is 3.29. The molecule has 104 valence electrons. The number of halogens is 1. The van der Waals surface area contributed by atoms with Gasteiger partial charge in [0.05, 0.1) is 4.92 Å². The summed E-state index contributed by atoms with van der Waals surface area (Å²) in [4.78, 5) is 9.85. The minimum atomic E-state index is -0.782. The lowest BCUT2D eigenvalue weighted by atomic mass is 9.75. The number of nitro benzene ring substituents is 1. The molecule has 5 heteroatoms. The van der Waals surface area contributed by atoms with E-state index in [9.17, 15) is 14.5 Å². The van der Waals surface area contributed by atoms with E-state index in [-0.39, 0.29) is 5.54 Å². The Balaban J connectivity index is 2.11. The molecule has 0 aromatic heterocycles. The molecule has 1 saturated carbocycles. The average Bonchev–Trinajstić information content (AvgIpc) is 2.33. The van der Waals surface area contributed by atoms with E-state index in [1.54, 1.807) is 6.07 Å². The fourth-order valence-corrected chi connectivity index (χ4v) is 2.73. The topological polar surface area (TPSA) is 69.2 Å². The molecule has 2 N–H and O–H groups in total. The van der Waals surface area contributed by atoms with Crippen molar-refractivity contribution < 1.29 is 9.31 Å². The van der Waals surface area contributed by atoms with Gasteiger partial charge in [-0.3, -0.25) is 10.1 Å². The molecule has 19 heavy (non-hydrogen) atoms. The third-order valence-corrected chi connectivity index (χ3v) is 4.04. The van der Waals surface area contributed by atoms with Crippen LogP contribution in [0.1, 0.15) is 38.2 Å². The first-order chi connectivity index (χ1) is 8.89. The molecule has 0 heterocycles. The van der Waals surface area contributed by atoms with Crippen molar-refractivity contribution in [1.29, 1.82) is 0 Å². The van der Waals surface area contributed by atoms with Gasteiger partial charge in [0.1, 0.15) is 0 Å². The van der Waals surface area contributed by atoms with Crippen LogP contribution >= 0.6 is 0 Å². The molecule has 0 bridgehead atoms. The highest BCUT2D eigenvalue weighted by Gasteiger charge is 2.30. The molecular formula is C14H19FN2O2. The van der Waals surface area contributed by atoms with Gasteiger partial charge in [0.15, 0.2) is 0 Å². The molecule has 0 saturated heterocycles. The molecule has 1 fully saturated rings. The first-order valence-electron chi connectivity index (χ1n) is 6.61. The lowest BCUT2D eigenvalue weighted by molar-refractivity contribution is -0.387. The van der Waals surface area contributed by atoms with E-state index in [1.165, 1.54) is 12.1 Å².